The van der Waals surface area contributed by atoms with Gasteiger partial charge in [-0.3, -0.25) is 4.79 Å². The molecule has 1 aliphatic heterocycles. The molecule has 1 aromatic carbocycles. The van der Waals surface area contributed by atoms with Crippen LogP contribution in [0.3, 0.4) is 0 Å². The van der Waals surface area contributed by atoms with Crippen molar-refractivity contribution in [3.63, 3.8) is 0 Å². The first kappa shape index (κ1) is 15.8. The number of benzene rings is 1. The van der Waals surface area contributed by atoms with Crippen molar-refractivity contribution in [1.29, 1.82) is 0 Å². The second kappa shape index (κ2) is 6.68. The highest BCUT2D eigenvalue weighted by Crippen LogP contribution is 2.22. The second-order valence-electron chi connectivity index (χ2n) is 6.26. The molecule has 3 heterocycles. The Labute approximate surface area is 145 Å². The predicted molar refractivity (Wildman–Crippen MR) is 90.9 cm³/mol. The Hall–Kier alpha value is -2.67. The first-order chi connectivity index (χ1) is 12.2. The average molecular weight is 340 g/mol. The largest absolute Gasteiger partial charge is 0.423 e. The van der Waals surface area contributed by atoms with Gasteiger partial charge < -0.3 is 19.0 Å². The number of aromatic amines is 1. The van der Waals surface area contributed by atoms with E-state index in [1.165, 1.54) is 5.39 Å². The number of rotatable bonds is 4. The Kier molecular flexibility index (Phi) is 4.23. The number of morpholine rings is 1. The molecule has 0 spiro atoms. The lowest BCUT2D eigenvalue weighted by Crippen LogP contribution is -2.42. The molecule has 1 aliphatic rings. The van der Waals surface area contributed by atoms with Gasteiger partial charge in [0, 0.05) is 31.6 Å². The summed E-state index contributed by atoms with van der Waals surface area (Å²) in [5.41, 5.74) is 2.28. The van der Waals surface area contributed by atoms with Crippen molar-refractivity contribution in [2.45, 2.75) is 25.9 Å². The van der Waals surface area contributed by atoms with Crippen LogP contribution in [0.25, 0.3) is 10.9 Å². The van der Waals surface area contributed by atoms with Gasteiger partial charge in [-0.15, -0.1) is 10.2 Å². The number of aromatic nitrogens is 3. The number of carbonyl (C=O) groups is 1. The van der Waals surface area contributed by atoms with Gasteiger partial charge in [-0.2, -0.15) is 0 Å². The highest BCUT2D eigenvalue weighted by Gasteiger charge is 2.28. The van der Waals surface area contributed by atoms with Crippen molar-refractivity contribution in [2.75, 3.05) is 19.7 Å². The molecule has 1 N–H and O–H groups in total. The maximum Gasteiger partial charge on any atom is 0.246 e. The van der Waals surface area contributed by atoms with Gasteiger partial charge in [0.2, 0.25) is 17.7 Å². The number of fused-ring (bicyclic) bond motifs is 1. The van der Waals surface area contributed by atoms with Crippen LogP contribution in [0.1, 0.15) is 29.9 Å². The molecule has 7 nitrogen and oxygen atoms in total. The summed E-state index contributed by atoms with van der Waals surface area (Å²) in [5, 5.41) is 8.99. The summed E-state index contributed by atoms with van der Waals surface area (Å²) in [6, 6.07) is 8.29. The van der Waals surface area contributed by atoms with Crippen molar-refractivity contribution in [1.82, 2.24) is 20.1 Å². The minimum absolute atomic E-state index is 0.124. The lowest BCUT2D eigenvalue weighted by atomic mass is 10.1. The van der Waals surface area contributed by atoms with Crippen molar-refractivity contribution in [3.8, 4) is 0 Å². The van der Waals surface area contributed by atoms with Crippen LogP contribution < -0.4 is 0 Å². The summed E-state index contributed by atoms with van der Waals surface area (Å²) in [6.45, 7) is 3.27. The van der Waals surface area contributed by atoms with Gasteiger partial charge in [-0.1, -0.05) is 6.07 Å². The van der Waals surface area contributed by atoms with E-state index in [0.717, 1.165) is 17.5 Å². The summed E-state index contributed by atoms with van der Waals surface area (Å²) >= 11 is 0. The highest BCUT2D eigenvalue weighted by molar-refractivity contribution is 5.80. The molecule has 0 radical (unpaired) electrons. The monoisotopic (exact) mass is 340 g/mol. The van der Waals surface area contributed by atoms with Crippen LogP contribution in [0.5, 0.6) is 0 Å². The van der Waals surface area contributed by atoms with E-state index in [-0.39, 0.29) is 12.0 Å². The number of H-pyrrole nitrogens is 1. The van der Waals surface area contributed by atoms with Gasteiger partial charge in [0.05, 0.1) is 13.2 Å². The molecule has 0 aliphatic carbocycles. The topological polar surface area (TPSA) is 84.2 Å². The van der Waals surface area contributed by atoms with Gasteiger partial charge in [-0.25, -0.2) is 0 Å². The van der Waals surface area contributed by atoms with E-state index in [2.05, 4.69) is 33.4 Å². The number of nitrogens with one attached hydrogen (secondary N) is 1. The molecule has 1 atom stereocenters. The van der Waals surface area contributed by atoms with Crippen LogP contribution in [0, 0.1) is 6.92 Å². The maximum absolute atomic E-state index is 12.6. The van der Waals surface area contributed by atoms with E-state index < -0.39 is 0 Å². The third-order valence-electron chi connectivity index (χ3n) is 4.48. The van der Waals surface area contributed by atoms with Crippen LogP contribution in [0.15, 0.2) is 34.9 Å². The number of nitrogens with zero attached hydrogens (tertiary/aromatic N) is 3. The fourth-order valence-corrected chi connectivity index (χ4v) is 3.13. The zero-order chi connectivity index (χ0) is 17.2. The standard InChI is InChI=1S/C18H20N4O3/c1-12-20-21-18(25-12)16-11-22(8-9-24-16)17(23)5-3-13-2-4-15-14(10-13)6-7-19-15/h2,4,6-7,10,16,19H,3,5,8-9,11H2,1H3/t16-/m1/s1. The Balaban J connectivity index is 1.36. The van der Waals surface area contributed by atoms with Crippen molar-refractivity contribution < 1.29 is 13.9 Å². The summed E-state index contributed by atoms with van der Waals surface area (Å²) in [4.78, 5) is 17.6. The van der Waals surface area contributed by atoms with E-state index >= 15 is 0 Å². The van der Waals surface area contributed by atoms with Crippen molar-refractivity contribution >= 4 is 16.8 Å². The van der Waals surface area contributed by atoms with Crippen molar-refractivity contribution in [2.24, 2.45) is 0 Å². The number of ether oxygens (including phenoxy) is 1. The Morgan fingerprint density at radius 3 is 3.12 bits per heavy atom. The molecule has 3 aromatic rings. The second-order valence-corrected chi connectivity index (χ2v) is 6.26. The SMILES string of the molecule is Cc1nnc([C@H]2CN(C(=O)CCc3ccc4[nH]ccc4c3)CCO2)o1. The van der Waals surface area contributed by atoms with E-state index in [4.69, 9.17) is 9.15 Å². The molecule has 4 rings (SSSR count). The fourth-order valence-electron chi connectivity index (χ4n) is 3.13. The summed E-state index contributed by atoms with van der Waals surface area (Å²) in [7, 11) is 0. The Morgan fingerprint density at radius 2 is 2.28 bits per heavy atom. The minimum atomic E-state index is -0.338. The van der Waals surface area contributed by atoms with Crippen LogP contribution in [0.4, 0.5) is 0 Å². The molecule has 130 valence electrons. The normalized spacial score (nSPS) is 18.0. The highest BCUT2D eigenvalue weighted by atomic mass is 16.5. The number of hydrogen-bond donors (Lipinski definition) is 1. The van der Waals surface area contributed by atoms with Crippen LogP contribution in [0.2, 0.25) is 0 Å². The Morgan fingerprint density at radius 1 is 1.36 bits per heavy atom. The van der Waals surface area contributed by atoms with E-state index in [1.807, 2.05) is 17.2 Å². The predicted octanol–water partition coefficient (Wildman–Crippen LogP) is 2.39. The van der Waals surface area contributed by atoms with E-state index in [0.29, 0.717) is 37.9 Å². The molecular formula is C18H20N4O3. The number of amides is 1. The molecule has 1 saturated heterocycles. The van der Waals surface area contributed by atoms with Gasteiger partial charge in [0.15, 0.2) is 6.10 Å². The fraction of sp³-hybridized carbons (Fsp3) is 0.389. The van der Waals surface area contributed by atoms with E-state index in [9.17, 15) is 4.79 Å². The first-order valence-corrected chi connectivity index (χ1v) is 8.44. The third kappa shape index (κ3) is 3.41. The van der Waals surface area contributed by atoms with Gasteiger partial charge in [0.25, 0.3) is 0 Å². The first-order valence-electron chi connectivity index (χ1n) is 8.44. The molecule has 7 heteroatoms. The molecule has 2 aromatic heterocycles. The number of aryl methyl sites for hydroxylation is 2. The lowest BCUT2D eigenvalue weighted by molar-refractivity contribution is -0.139. The number of carbonyl (C=O) groups excluding carboxylic acids is 1. The molecular weight excluding hydrogens is 320 g/mol. The smallest absolute Gasteiger partial charge is 0.246 e. The zero-order valence-electron chi connectivity index (χ0n) is 14.1. The van der Waals surface area contributed by atoms with E-state index in [1.54, 1.807) is 6.92 Å². The van der Waals surface area contributed by atoms with Gasteiger partial charge in [0.1, 0.15) is 0 Å². The molecule has 1 amide bonds. The maximum atomic E-state index is 12.6. The van der Waals surface area contributed by atoms with Crippen molar-refractivity contribution in [3.05, 3.63) is 47.8 Å². The van der Waals surface area contributed by atoms with Crippen LogP contribution in [-0.2, 0) is 16.0 Å². The lowest BCUT2D eigenvalue weighted by Gasteiger charge is -2.31. The quantitative estimate of drug-likeness (QED) is 0.788. The third-order valence-corrected chi connectivity index (χ3v) is 4.48. The minimum Gasteiger partial charge on any atom is -0.423 e. The van der Waals surface area contributed by atoms with Crippen LogP contribution in [-0.4, -0.2) is 45.7 Å². The zero-order valence-corrected chi connectivity index (χ0v) is 14.1. The summed E-state index contributed by atoms with van der Waals surface area (Å²) in [6.07, 6.45) is 2.79. The average Bonchev–Trinajstić information content (AvgIpc) is 3.28. The summed E-state index contributed by atoms with van der Waals surface area (Å²) in [5.74, 6) is 1.06. The molecule has 0 bridgehead atoms. The summed E-state index contributed by atoms with van der Waals surface area (Å²) < 4.78 is 11.1. The van der Waals surface area contributed by atoms with Gasteiger partial charge >= 0.3 is 0 Å². The molecule has 0 unspecified atom stereocenters. The molecule has 0 saturated carbocycles. The van der Waals surface area contributed by atoms with Gasteiger partial charge in [-0.05, 0) is 35.6 Å². The Bertz CT molecular complexity index is 885. The number of hydrogen-bond acceptors (Lipinski definition) is 5. The molecule has 25 heavy (non-hydrogen) atoms. The molecule has 1 fully saturated rings. The van der Waals surface area contributed by atoms with Crippen LogP contribution >= 0.6 is 0 Å².